The molecule has 2 aliphatic heterocycles. The van der Waals surface area contributed by atoms with E-state index < -0.39 is 0 Å². The van der Waals surface area contributed by atoms with Crippen LogP contribution in [0.2, 0.25) is 0 Å². The summed E-state index contributed by atoms with van der Waals surface area (Å²) in [4.78, 5) is 24.2. The molecule has 1 amide bonds. The molecule has 1 saturated heterocycles. The number of nitrogens with zero attached hydrogens (tertiary/aromatic N) is 4. The zero-order chi connectivity index (χ0) is 21.7. The molecule has 0 spiro atoms. The molecule has 2 N–H and O–H groups in total. The summed E-state index contributed by atoms with van der Waals surface area (Å²) in [6.07, 6.45) is 8.22. The molecule has 0 radical (unpaired) electrons. The topological polar surface area (TPSA) is 75.1 Å². The third kappa shape index (κ3) is 3.00. The van der Waals surface area contributed by atoms with Gasteiger partial charge in [0.25, 0.3) is 5.91 Å². The lowest BCUT2D eigenvalue weighted by atomic mass is 9.94. The van der Waals surface area contributed by atoms with E-state index in [2.05, 4.69) is 43.7 Å². The van der Waals surface area contributed by atoms with Crippen LogP contribution < -0.4 is 15.5 Å². The lowest BCUT2D eigenvalue weighted by Gasteiger charge is -2.18. The molecule has 0 bridgehead atoms. The van der Waals surface area contributed by atoms with Gasteiger partial charge >= 0.3 is 0 Å². The maximum Gasteiger partial charge on any atom is 0.254 e. The molecule has 2 aliphatic rings. The Balaban J connectivity index is 1.37. The number of benzene rings is 1. The van der Waals surface area contributed by atoms with Crippen LogP contribution in [0.15, 0.2) is 55.0 Å². The van der Waals surface area contributed by atoms with E-state index in [0.717, 1.165) is 58.0 Å². The van der Waals surface area contributed by atoms with Gasteiger partial charge in [-0.2, -0.15) is 0 Å². The lowest BCUT2D eigenvalue weighted by Crippen LogP contribution is -2.17. The number of carbonyl (C=O) groups is 1. The molecule has 4 aromatic rings. The van der Waals surface area contributed by atoms with Gasteiger partial charge in [0.15, 0.2) is 0 Å². The van der Waals surface area contributed by atoms with Gasteiger partial charge in [0.2, 0.25) is 0 Å². The second-order valence-electron chi connectivity index (χ2n) is 8.44. The Labute approximate surface area is 186 Å². The standard InChI is InChI=1S/C25H24N6O/c1-30-13-9-19-18(8-10-26-24(19)30)17-5-6-21(23-20(17)15-28-25(23)32)29-22-7-4-16(14-27-22)31-11-2-3-12-31/h4-10,13-14H,2-3,11-12,15H2,1H3,(H,27,29)(H,28,32). The van der Waals surface area contributed by atoms with Gasteiger partial charge in [0.05, 0.1) is 23.1 Å². The average Bonchev–Trinajstić information content (AvgIpc) is 3.56. The van der Waals surface area contributed by atoms with Crippen molar-refractivity contribution in [3.63, 3.8) is 0 Å². The highest BCUT2D eigenvalue weighted by molar-refractivity contribution is 6.07. The Bertz CT molecular complexity index is 1330. The molecule has 0 unspecified atom stereocenters. The Morgan fingerprint density at radius 3 is 2.69 bits per heavy atom. The van der Waals surface area contributed by atoms with Crippen LogP contribution in [-0.4, -0.2) is 33.5 Å². The molecule has 32 heavy (non-hydrogen) atoms. The Hall–Kier alpha value is -3.87. The van der Waals surface area contributed by atoms with Crippen LogP contribution in [0.1, 0.15) is 28.8 Å². The zero-order valence-corrected chi connectivity index (χ0v) is 17.9. The van der Waals surface area contributed by atoms with Crippen LogP contribution >= 0.6 is 0 Å². The summed E-state index contributed by atoms with van der Waals surface area (Å²) >= 11 is 0. The summed E-state index contributed by atoms with van der Waals surface area (Å²) in [5, 5.41) is 7.44. The van der Waals surface area contributed by atoms with E-state index in [4.69, 9.17) is 0 Å². The highest BCUT2D eigenvalue weighted by Crippen LogP contribution is 2.37. The largest absolute Gasteiger partial charge is 0.370 e. The predicted octanol–water partition coefficient (Wildman–Crippen LogP) is 4.22. The number of aromatic nitrogens is 3. The average molecular weight is 425 g/mol. The van der Waals surface area contributed by atoms with E-state index in [1.165, 1.54) is 12.8 Å². The van der Waals surface area contributed by atoms with Gasteiger partial charge in [0, 0.05) is 44.5 Å². The van der Waals surface area contributed by atoms with Crippen LogP contribution in [-0.2, 0) is 13.6 Å². The van der Waals surface area contributed by atoms with Crippen LogP contribution in [0.25, 0.3) is 22.2 Å². The molecule has 1 aromatic carbocycles. The Morgan fingerprint density at radius 2 is 1.88 bits per heavy atom. The number of anilines is 3. The van der Waals surface area contributed by atoms with Gasteiger partial charge in [-0.3, -0.25) is 4.79 Å². The second kappa shape index (κ2) is 7.37. The van der Waals surface area contributed by atoms with E-state index in [9.17, 15) is 4.79 Å². The summed E-state index contributed by atoms with van der Waals surface area (Å²) < 4.78 is 2.01. The fourth-order valence-corrected chi connectivity index (χ4v) is 4.86. The van der Waals surface area contributed by atoms with Crippen molar-refractivity contribution in [2.24, 2.45) is 7.05 Å². The van der Waals surface area contributed by atoms with Crippen molar-refractivity contribution >= 4 is 34.1 Å². The molecular weight excluding hydrogens is 400 g/mol. The monoisotopic (exact) mass is 424 g/mol. The molecule has 7 heteroatoms. The van der Waals surface area contributed by atoms with Crippen LogP contribution in [0.4, 0.5) is 17.2 Å². The van der Waals surface area contributed by atoms with Crippen LogP contribution in [0.3, 0.4) is 0 Å². The normalized spacial score (nSPS) is 15.3. The summed E-state index contributed by atoms with van der Waals surface area (Å²) in [7, 11) is 1.99. The number of fused-ring (bicyclic) bond motifs is 2. The van der Waals surface area contributed by atoms with Gasteiger partial charge in [0.1, 0.15) is 11.5 Å². The minimum Gasteiger partial charge on any atom is -0.370 e. The first-order valence-electron chi connectivity index (χ1n) is 11.0. The first-order chi connectivity index (χ1) is 15.7. The van der Waals surface area contributed by atoms with Gasteiger partial charge in [-0.25, -0.2) is 9.97 Å². The van der Waals surface area contributed by atoms with E-state index in [0.29, 0.717) is 12.1 Å². The van der Waals surface area contributed by atoms with E-state index in [1.807, 2.05) is 48.4 Å². The van der Waals surface area contributed by atoms with Crippen molar-refractivity contribution in [3.8, 4) is 11.1 Å². The number of hydrogen-bond donors (Lipinski definition) is 2. The molecule has 3 aromatic heterocycles. The van der Waals surface area contributed by atoms with Gasteiger partial charge < -0.3 is 20.1 Å². The number of nitrogens with one attached hydrogen (secondary N) is 2. The molecule has 0 atom stereocenters. The van der Waals surface area contributed by atoms with Gasteiger partial charge in [-0.15, -0.1) is 0 Å². The van der Waals surface area contributed by atoms with Crippen LogP contribution in [0.5, 0.6) is 0 Å². The quantitative estimate of drug-likeness (QED) is 0.513. The summed E-state index contributed by atoms with van der Waals surface area (Å²) in [5.41, 5.74) is 6.69. The van der Waals surface area contributed by atoms with Crippen molar-refractivity contribution < 1.29 is 4.79 Å². The summed E-state index contributed by atoms with van der Waals surface area (Å²) in [6.45, 7) is 2.69. The second-order valence-corrected chi connectivity index (χ2v) is 8.44. The number of amides is 1. The molecule has 0 aliphatic carbocycles. The van der Waals surface area contributed by atoms with Gasteiger partial charge in [-0.05, 0) is 59.9 Å². The molecular formula is C25H24N6O. The number of hydrogen-bond acceptors (Lipinski definition) is 5. The Kier molecular flexibility index (Phi) is 4.35. The van der Waals surface area contributed by atoms with Crippen molar-refractivity contribution in [1.29, 1.82) is 0 Å². The molecule has 5 heterocycles. The molecule has 6 rings (SSSR count). The van der Waals surface area contributed by atoms with Crippen molar-refractivity contribution in [3.05, 3.63) is 66.1 Å². The third-order valence-electron chi connectivity index (χ3n) is 6.51. The maximum atomic E-state index is 12.8. The number of aryl methyl sites for hydroxylation is 1. The summed E-state index contributed by atoms with van der Waals surface area (Å²) in [6, 6.07) is 12.2. The first kappa shape index (κ1) is 18.9. The molecule has 160 valence electrons. The highest BCUT2D eigenvalue weighted by atomic mass is 16.1. The zero-order valence-electron chi connectivity index (χ0n) is 17.9. The fourth-order valence-electron chi connectivity index (χ4n) is 4.86. The van der Waals surface area contributed by atoms with Crippen molar-refractivity contribution in [2.45, 2.75) is 19.4 Å². The number of rotatable bonds is 4. The summed E-state index contributed by atoms with van der Waals surface area (Å²) in [5.74, 6) is 0.674. The first-order valence-corrected chi connectivity index (χ1v) is 11.0. The fraction of sp³-hybridized carbons (Fsp3) is 0.240. The van der Waals surface area contributed by atoms with E-state index >= 15 is 0 Å². The number of pyridine rings is 2. The molecule has 0 saturated carbocycles. The van der Waals surface area contributed by atoms with Crippen LogP contribution in [0, 0.1) is 0 Å². The van der Waals surface area contributed by atoms with E-state index in [-0.39, 0.29) is 5.91 Å². The minimum atomic E-state index is -0.0589. The highest BCUT2D eigenvalue weighted by Gasteiger charge is 2.27. The number of carbonyl (C=O) groups excluding carboxylic acids is 1. The lowest BCUT2D eigenvalue weighted by molar-refractivity contribution is 0.0966. The maximum absolute atomic E-state index is 12.8. The molecule has 7 nitrogen and oxygen atoms in total. The SMILES string of the molecule is Cn1ccc2c(-c3ccc(Nc4ccc(N5CCCC5)cn4)c4c3CNC4=O)ccnc21. The van der Waals surface area contributed by atoms with Crippen molar-refractivity contribution in [1.82, 2.24) is 19.9 Å². The van der Waals surface area contributed by atoms with Gasteiger partial charge in [-0.1, -0.05) is 6.07 Å². The predicted molar refractivity (Wildman–Crippen MR) is 126 cm³/mol. The van der Waals surface area contributed by atoms with Crippen molar-refractivity contribution in [2.75, 3.05) is 23.3 Å². The smallest absolute Gasteiger partial charge is 0.254 e. The van der Waals surface area contributed by atoms with E-state index in [1.54, 1.807) is 0 Å². The third-order valence-corrected chi connectivity index (χ3v) is 6.51. The Morgan fingerprint density at radius 1 is 1.00 bits per heavy atom. The minimum absolute atomic E-state index is 0.0589. The molecule has 1 fully saturated rings.